The second kappa shape index (κ2) is 10.5. The Bertz CT molecular complexity index is 838. The molecule has 0 heterocycles. The molecule has 0 radical (unpaired) electrons. The van der Waals surface area contributed by atoms with Crippen LogP contribution < -0.4 is 16.0 Å². The number of ether oxygens (including phenoxy) is 2. The van der Waals surface area contributed by atoms with Crippen LogP contribution in [0.2, 0.25) is 0 Å². The zero-order valence-corrected chi connectivity index (χ0v) is 19.4. The van der Waals surface area contributed by atoms with Crippen LogP contribution in [0.1, 0.15) is 71.4 Å². The van der Waals surface area contributed by atoms with E-state index in [-0.39, 0.29) is 12.5 Å². The molecule has 176 valence electrons. The summed E-state index contributed by atoms with van der Waals surface area (Å²) in [5.41, 5.74) is -0.0891. The molecule has 9 nitrogen and oxygen atoms in total. The first-order chi connectivity index (χ1) is 14.9. The zero-order chi connectivity index (χ0) is 23.9. The van der Waals surface area contributed by atoms with E-state index in [0.29, 0.717) is 18.5 Å². The van der Waals surface area contributed by atoms with Crippen molar-refractivity contribution in [3.8, 4) is 0 Å². The predicted octanol–water partition coefficient (Wildman–Crippen LogP) is 3.20. The van der Waals surface area contributed by atoms with Crippen molar-refractivity contribution in [2.75, 3.05) is 12.4 Å². The maximum atomic E-state index is 12.5. The molecule has 2 rings (SSSR count). The summed E-state index contributed by atoms with van der Waals surface area (Å²) in [6, 6.07) is 6.47. The lowest BCUT2D eigenvalue weighted by Gasteiger charge is -2.28. The molecule has 0 saturated heterocycles. The lowest BCUT2D eigenvalue weighted by molar-refractivity contribution is -0.144. The Morgan fingerprint density at radius 1 is 1.03 bits per heavy atom. The molecule has 1 aromatic rings. The Morgan fingerprint density at radius 3 is 2.16 bits per heavy atom. The Labute approximate surface area is 188 Å². The molecule has 1 fully saturated rings. The molecule has 0 spiro atoms. The number of alkyl carbamates (subject to hydrolysis) is 1. The van der Waals surface area contributed by atoms with Gasteiger partial charge in [-0.05, 0) is 58.2 Å². The third-order valence-electron chi connectivity index (χ3n) is 5.26. The van der Waals surface area contributed by atoms with Crippen LogP contribution in [0.4, 0.5) is 10.5 Å². The van der Waals surface area contributed by atoms with E-state index < -0.39 is 35.0 Å². The van der Waals surface area contributed by atoms with Gasteiger partial charge in [-0.2, -0.15) is 0 Å². The Kier molecular flexibility index (Phi) is 8.24. The number of benzene rings is 1. The SMILES string of the molecule is COC(=O)CC1(NC(=O)C(=O)Nc2ccc([C@H](C)NC(=O)OC(C)(C)C)cc2)CCCC1. The molecule has 1 aromatic carbocycles. The highest BCUT2D eigenvalue weighted by molar-refractivity contribution is 6.39. The summed E-state index contributed by atoms with van der Waals surface area (Å²) in [5.74, 6) is -2.02. The first-order valence-corrected chi connectivity index (χ1v) is 10.7. The van der Waals surface area contributed by atoms with Crippen LogP contribution in [0.15, 0.2) is 24.3 Å². The van der Waals surface area contributed by atoms with Gasteiger partial charge in [0.2, 0.25) is 0 Å². The second-order valence-corrected chi connectivity index (χ2v) is 9.14. The molecule has 32 heavy (non-hydrogen) atoms. The number of hydrogen-bond donors (Lipinski definition) is 3. The standard InChI is InChI=1S/C23H33N3O6/c1-15(24-21(30)32-22(2,3)4)16-8-10-17(11-9-16)25-19(28)20(29)26-23(12-6-7-13-23)14-18(27)31-5/h8-11,15H,6-7,12-14H2,1-5H3,(H,24,30)(H,25,28)(H,26,29)/t15-/m0/s1. The Hall–Kier alpha value is -3.10. The minimum Gasteiger partial charge on any atom is -0.469 e. The van der Waals surface area contributed by atoms with Crippen molar-refractivity contribution in [3.63, 3.8) is 0 Å². The third kappa shape index (κ3) is 7.55. The minimum atomic E-state index is -0.811. The quantitative estimate of drug-likeness (QED) is 0.455. The zero-order valence-electron chi connectivity index (χ0n) is 19.4. The fourth-order valence-electron chi connectivity index (χ4n) is 3.65. The number of amides is 3. The number of anilines is 1. The van der Waals surface area contributed by atoms with Crippen molar-refractivity contribution < 1.29 is 28.7 Å². The monoisotopic (exact) mass is 447 g/mol. The number of nitrogens with one attached hydrogen (secondary N) is 3. The molecule has 0 unspecified atom stereocenters. The van der Waals surface area contributed by atoms with Crippen molar-refractivity contribution in [2.24, 2.45) is 0 Å². The van der Waals surface area contributed by atoms with Crippen LogP contribution >= 0.6 is 0 Å². The summed E-state index contributed by atoms with van der Waals surface area (Å²) in [6.07, 6.45) is 2.51. The van der Waals surface area contributed by atoms with Gasteiger partial charge < -0.3 is 25.4 Å². The van der Waals surface area contributed by atoms with Gasteiger partial charge in [-0.3, -0.25) is 14.4 Å². The molecule has 1 saturated carbocycles. The molecule has 0 bridgehead atoms. The first kappa shape index (κ1) is 25.2. The highest BCUT2D eigenvalue weighted by Gasteiger charge is 2.39. The van der Waals surface area contributed by atoms with E-state index in [9.17, 15) is 19.2 Å². The summed E-state index contributed by atoms with van der Waals surface area (Å²) < 4.78 is 9.97. The number of carbonyl (C=O) groups excluding carboxylic acids is 4. The summed E-state index contributed by atoms with van der Waals surface area (Å²) in [6.45, 7) is 7.17. The predicted molar refractivity (Wildman–Crippen MR) is 119 cm³/mol. The Morgan fingerprint density at radius 2 is 1.62 bits per heavy atom. The summed E-state index contributed by atoms with van der Waals surface area (Å²) in [7, 11) is 1.30. The van der Waals surface area contributed by atoms with Gasteiger partial charge in [0.05, 0.1) is 25.1 Å². The number of hydrogen-bond acceptors (Lipinski definition) is 6. The van der Waals surface area contributed by atoms with Gasteiger partial charge in [0.1, 0.15) is 5.60 Å². The van der Waals surface area contributed by atoms with Gasteiger partial charge in [-0.25, -0.2) is 4.79 Å². The number of esters is 1. The molecule has 3 N–H and O–H groups in total. The smallest absolute Gasteiger partial charge is 0.408 e. The molecular weight excluding hydrogens is 414 g/mol. The summed E-state index contributed by atoms with van der Waals surface area (Å²) >= 11 is 0. The van der Waals surface area contributed by atoms with Gasteiger partial charge in [0.15, 0.2) is 0 Å². The lowest BCUT2D eigenvalue weighted by atomic mass is 9.93. The molecule has 3 amide bonds. The van der Waals surface area contributed by atoms with Crippen molar-refractivity contribution in [2.45, 2.75) is 77.0 Å². The largest absolute Gasteiger partial charge is 0.469 e. The summed E-state index contributed by atoms with van der Waals surface area (Å²) in [5, 5.41) is 8.04. The fraction of sp³-hybridized carbons (Fsp3) is 0.565. The van der Waals surface area contributed by atoms with Crippen LogP contribution in [-0.2, 0) is 23.9 Å². The van der Waals surface area contributed by atoms with Crippen molar-refractivity contribution in [3.05, 3.63) is 29.8 Å². The van der Waals surface area contributed by atoms with Crippen molar-refractivity contribution in [1.82, 2.24) is 10.6 Å². The molecular formula is C23H33N3O6. The van der Waals surface area contributed by atoms with E-state index in [1.807, 2.05) is 6.92 Å². The van der Waals surface area contributed by atoms with E-state index in [1.54, 1.807) is 45.0 Å². The van der Waals surface area contributed by atoms with Crippen LogP contribution in [-0.4, -0.2) is 42.1 Å². The average Bonchev–Trinajstić information content (AvgIpc) is 3.14. The van der Waals surface area contributed by atoms with E-state index >= 15 is 0 Å². The maximum Gasteiger partial charge on any atom is 0.408 e. The normalized spacial score (nSPS) is 15.9. The van der Waals surface area contributed by atoms with Gasteiger partial charge >= 0.3 is 23.9 Å². The van der Waals surface area contributed by atoms with Crippen LogP contribution in [0, 0.1) is 0 Å². The van der Waals surface area contributed by atoms with Gasteiger partial charge in [-0.1, -0.05) is 25.0 Å². The van der Waals surface area contributed by atoms with Crippen molar-refractivity contribution in [1.29, 1.82) is 0 Å². The average molecular weight is 448 g/mol. The molecule has 0 aliphatic heterocycles. The highest BCUT2D eigenvalue weighted by Crippen LogP contribution is 2.33. The van der Waals surface area contributed by atoms with Crippen LogP contribution in [0.25, 0.3) is 0 Å². The van der Waals surface area contributed by atoms with Gasteiger partial charge in [-0.15, -0.1) is 0 Å². The molecule has 0 aromatic heterocycles. The minimum absolute atomic E-state index is 0.0414. The molecule has 9 heteroatoms. The van der Waals surface area contributed by atoms with Gasteiger partial charge in [0.25, 0.3) is 0 Å². The van der Waals surface area contributed by atoms with E-state index in [2.05, 4.69) is 16.0 Å². The van der Waals surface area contributed by atoms with Crippen LogP contribution in [0.3, 0.4) is 0 Å². The van der Waals surface area contributed by atoms with E-state index in [1.165, 1.54) is 7.11 Å². The fourth-order valence-corrected chi connectivity index (χ4v) is 3.65. The molecule has 1 atom stereocenters. The lowest BCUT2D eigenvalue weighted by Crippen LogP contribution is -2.51. The van der Waals surface area contributed by atoms with Crippen molar-refractivity contribution >= 4 is 29.6 Å². The topological polar surface area (TPSA) is 123 Å². The summed E-state index contributed by atoms with van der Waals surface area (Å²) in [4.78, 5) is 48.5. The molecule has 1 aliphatic carbocycles. The third-order valence-corrected chi connectivity index (χ3v) is 5.26. The van der Waals surface area contributed by atoms with E-state index in [0.717, 1.165) is 18.4 Å². The maximum absolute atomic E-state index is 12.5. The molecule has 1 aliphatic rings. The second-order valence-electron chi connectivity index (χ2n) is 9.14. The van der Waals surface area contributed by atoms with E-state index in [4.69, 9.17) is 9.47 Å². The number of rotatable bonds is 6. The number of carbonyl (C=O) groups is 4. The highest BCUT2D eigenvalue weighted by atomic mass is 16.6. The number of methoxy groups -OCH3 is 1. The Balaban J connectivity index is 1.93. The van der Waals surface area contributed by atoms with Crippen LogP contribution in [0.5, 0.6) is 0 Å². The first-order valence-electron chi connectivity index (χ1n) is 10.7. The van der Waals surface area contributed by atoms with Gasteiger partial charge in [0, 0.05) is 5.69 Å².